The number of aryl methyl sites for hydroxylation is 1. The lowest BCUT2D eigenvalue weighted by Crippen LogP contribution is -2.46. The molecule has 0 unspecified atom stereocenters. The average Bonchev–Trinajstić information content (AvgIpc) is 2.53. The first-order chi connectivity index (χ1) is 8.96. The number of hydrogen-bond donors (Lipinski definition) is 1. The van der Waals surface area contributed by atoms with E-state index >= 15 is 0 Å². The fourth-order valence-corrected chi connectivity index (χ4v) is 2.86. The first-order valence-electron chi connectivity index (χ1n) is 7.27. The van der Waals surface area contributed by atoms with Crippen molar-refractivity contribution in [3.8, 4) is 0 Å². The Hall–Kier alpha value is -0.480. The Kier molecular flexibility index (Phi) is 8.64. The number of para-hydroxylation sites is 1. The third kappa shape index (κ3) is 6.43. The molecule has 3 nitrogen and oxygen atoms in total. The molecular formula is C16H29Cl2N3. The zero-order valence-corrected chi connectivity index (χ0v) is 15.0. The second kappa shape index (κ2) is 8.84. The van der Waals surface area contributed by atoms with Gasteiger partial charge in [-0.2, -0.15) is 0 Å². The van der Waals surface area contributed by atoms with Crippen LogP contribution in [0.3, 0.4) is 0 Å². The highest BCUT2D eigenvalue weighted by atomic mass is 35.5. The van der Waals surface area contributed by atoms with E-state index in [0.717, 1.165) is 32.7 Å². The molecule has 1 saturated heterocycles. The number of rotatable bonds is 3. The molecule has 5 heteroatoms. The molecule has 0 bridgehead atoms. The van der Waals surface area contributed by atoms with E-state index in [-0.39, 0.29) is 30.4 Å². The molecule has 122 valence electrons. The first-order valence-corrected chi connectivity index (χ1v) is 7.27. The summed E-state index contributed by atoms with van der Waals surface area (Å²) in [6.07, 6.45) is 1.21. The summed E-state index contributed by atoms with van der Waals surface area (Å²) in [5, 5.41) is 0. The van der Waals surface area contributed by atoms with E-state index in [0.29, 0.717) is 0 Å². The molecule has 2 rings (SSSR count). The van der Waals surface area contributed by atoms with Crippen LogP contribution in [0, 0.1) is 6.92 Å². The quantitative estimate of drug-likeness (QED) is 0.922. The van der Waals surface area contributed by atoms with Crippen LogP contribution >= 0.6 is 24.8 Å². The van der Waals surface area contributed by atoms with Crippen LogP contribution in [-0.4, -0.2) is 43.2 Å². The van der Waals surface area contributed by atoms with E-state index in [1.165, 1.54) is 17.7 Å². The van der Waals surface area contributed by atoms with E-state index in [4.69, 9.17) is 5.73 Å². The molecule has 1 aliphatic heterocycles. The summed E-state index contributed by atoms with van der Waals surface area (Å²) in [7, 11) is 0. The minimum Gasteiger partial charge on any atom is -0.370 e. The van der Waals surface area contributed by atoms with Crippen LogP contribution < -0.4 is 10.6 Å². The summed E-state index contributed by atoms with van der Waals surface area (Å²) < 4.78 is 0. The first kappa shape index (κ1) is 20.5. The lowest BCUT2D eigenvalue weighted by atomic mass is 10.1. The summed E-state index contributed by atoms with van der Waals surface area (Å²) in [6.45, 7) is 11.9. The Morgan fingerprint density at radius 1 is 1.05 bits per heavy atom. The number of nitrogens with two attached hydrogens (primary N) is 1. The van der Waals surface area contributed by atoms with Gasteiger partial charge >= 0.3 is 0 Å². The maximum atomic E-state index is 6.13. The highest BCUT2D eigenvalue weighted by Gasteiger charge is 2.20. The van der Waals surface area contributed by atoms with E-state index in [1.807, 2.05) is 0 Å². The molecule has 0 radical (unpaired) electrons. The SMILES string of the molecule is Cc1ccccc1N1CCCN(CC(C)(C)N)CC1.Cl.Cl. The summed E-state index contributed by atoms with van der Waals surface area (Å²) >= 11 is 0. The number of anilines is 1. The predicted octanol–water partition coefficient (Wildman–Crippen LogP) is 3.09. The highest BCUT2D eigenvalue weighted by molar-refractivity contribution is 5.85. The summed E-state index contributed by atoms with van der Waals surface area (Å²) in [5.74, 6) is 0. The summed E-state index contributed by atoms with van der Waals surface area (Å²) in [6, 6.07) is 8.67. The Morgan fingerprint density at radius 3 is 2.33 bits per heavy atom. The Morgan fingerprint density at radius 2 is 1.71 bits per heavy atom. The van der Waals surface area contributed by atoms with Crippen molar-refractivity contribution < 1.29 is 0 Å². The largest absolute Gasteiger partial charge is 0.370 e. The fourth-order valence-electron chi connectivity index (χ4n) is 2.86. The van der Waals surface area contributed by atoms with Crippen molar-refractivity contribution in [1.29, 1.82) is 0 Å². The molecule has 1 fully saturated rings. The molecule has 1 aliphatic rings. The molecule has 0 amide bonds. The van der Waals surface area contributed by atoms with Gasteiger partial charge in [-0.15, -0.1) is 24.8 Å². The van der Waals surface area contributed by atoms with Crippen molar-refractivity contribution in [3.63, 3.8) is 0 Å². The van der Waals surface area contributed by atoms with Crippen molar-refractivity contribution in [3.05, 3.63) is 29.8 Å². The Labute approximate surface area is 141 Å². The van der Waals surface area contributed by atoms with Crippen LogP contribution in [0.4, 0.5) is 5.69 Å². The molecule has 1 aromatic rings. The van der Waals surface area contributed by atoms with Crippen LogP contribution in [0.15, 0.2) is 24.3 Å². The number of nitrogens with zero attached hydrogens (tertiary/aromatic N) is 2. The van der Waals surface area contributed by atoms with Gasteiger partial charge in [-0.1, -0.05) is 18.2 Å². The third-order valence-electron chi connectivity index (χ3n) is 3.68. The molecule has 0 aliphatic carbocycles. The van der Waals surface area contributed by atoms with Crippen molar-refractivity contribution in [2.24, 2.45) is 5.73 Å². The van der Waals surface area contributed by atoms with Crippen LogP contribution in [0.25, 0.3) is 0 Å². The Bertz CT molecular complexity index is 418. The predicted molar refractivity (Wildman–Crippen MR) is 97.2 cm³/mol. The molecule has 1 aromatic carbocycles. The zero-order chi connectivity index (χ0) is 13.9. The molecule has 0 saturated carbocycles. The van der Waals surface area contributed by atoms with Crippen LogP contribution in [0.2, 0.25) is 0 Å². The monoisotopic (exact) mass is 333 g/mol. The zero-order valence-electron chi connectivity index (χ0n) is 13.3. The molecule has 1 heterocycles. The van der Waals surface area contributed by atoms with Crippen molar-refractivity contribution in [1.82, 2.24) is 4.90 Å². The van der Waals surface area contributed by atoms with Gasteiger partial charge in [0, 0.05) is 37.4 Å². The molecule has 0 spiro atoms. The minimum atomic E-state index is -0.0994. The third-order valence-corrected chi connectivity index (χ3v) is 3.68. The molecule has 21 heavy (non-hydrogen) atoms. The fraction of sp³-hybridized carbons (Fsp3) is 0.625. The van der Waals surface area contributed by atoms with E-state index < -0.39 is 0 Å². The standard InChI is InChI=1S/C16H27N3.2ClH/c1-14-7-4-5-8-15(14)19-10-6-9-18(11-12-19)13-16(2,3)17;;/h4-5,7-8H,6,9-13,17H2,1-3H3;2*1H. The average molecular weight is 334 g/mol. The van der Waals surface area contributed by atoms with E-state index in [2.05, 4.69) is 54.8 Å². The van der Waals surface area contributed by atoms with Gasteiger partial charge in [-0.25, -0.2) is 0 Å². The molecule has 2 N–H and O–H groups in total. The van der Waals surface area contributed by atoms with Gasteiger partial charge in [-0.05, 0) is 45.4 Å². The topological polar surface area (TPSA) is 32.5 Å². The Balaban J connectivity index is 0.00000200. The lowest BCUT2D eigenvalue weighted by molar-refractivity contribution is 0.240. The van der Waals surface area contributed by atoms with Crippen LogP contribution in [-0.2, 0) is 0 Å². The van der Waals surface area contributed by atoms with Crippen molar-refractivity contribution in [2.45, 2.75) is 32.7 Å². The number of benzene rings is 1. The van der Waals surface area contributed by atoms with Gasteiger partial charge in [0.25, 0.3) is 0 Å². The summed E-state index contributed by atoms with van der Waals surface area (Å²) in [5.41, 5.74) is 8.79. The van der Waals surface area contributed by atoms with Crippen LogP contribution in [0.5, 0.6) is 0 Å². The second-order valence-corrected chi connectivity index (χ2v) is 6.39. The van der Waals surface area contributed by atoms with Gasteiger partial charge < -0.3 is 10.6 Å². The normalized spacial score (nSPS) is 16.7. The highest BCUT2D eigenvalue weighted by Crippen LogP contribution is 2.21. The molecule has 0 aromatic heterocycles. The van der Waals surface area contributed by atoms with E-state index in [1.54, 1.807) is 0 Å². The number of hydrogen-bond acceptors (Lipinski definition) is 3. The van der Waals surface area contributed by atoms with Crippen molar-refractivity contribution >= 4 is 30.5 Å². The van der Waals surface area contributed by atoms with Crippen LogP contribution in [0.1, 0.15) is 25.8 Å². The smallest absolute Gasteiger partial charge is 0.0396 e. The molecule has 0 atom stereocenters. The number of halogens is 2. The van der Waals surface area contributed by atoms with Gasteiger partial charge in [0.1, 0.15) is 0 Å². The molecular weight excluding hydrogens is 305 g/mol. The van der Waals surface area contributed by atoms with Crippen molar-refractivity contribution in [2.75, 3.05) is 37.6 Å². The maximum Gasteiger partial charge on any atom is 0.0396 e. The van der Waals surface area contributed by atoms with Gasteiger partial charge in [0.2, 0.25) is 0 Å². The minimum absolute atomic E-state index is 0. The van der Waals surface area contributed by atoms with Gasteiger partial charge in [-0.3, -0.25) is 4.90 Å². The maximum absolute atomic E-state index is 6.13. The lowest BCUT2D eigenvalue weighted by Gasteiger charge is -2.29. The second-order valence-electron chi connectivity index (χ2n) is 6.39. The van der Waals surface area contributed by atoms with Gasteiger partial charge in [0.15, 0.2) is 0 Å². The van der Waals surface area contributed by atoms with Gasteiger partial charge in [0.05, 0.1) is 0 Å². The van der Waals surface area contributed by atoms with E-state index in [9.17, 15) is 0 Å². The summed E-state index contributed by atoms with van der Waals surface area (Å²) in [4.78, 5) is 5.01.